The van der Waals surface area contributed by atoms with Gasteiger partial charge in [0, 0.05) is 42.8 Å². The van der Waals surface area contributed by atoms with Crippen LogP contribution in [0.2, 0.25) is 0 Å². The molecule has 118 valence electrons. The summed E-state index contributed by atoms with van der Waals surface area (Å²) < 4.78 is 7.43. The Labute approximate surface area is 138 Å². The van der Waals surface area contributed by atoms with Crippen LogP contribution in [0, 0.1) is 0 Å². The van der Waals surface area contributed by atoms with Crippen LogP contribution in [0.15, 0.2) is 40.4 Å². The topological polar surface area (TPSA) is 46.8 Å². The number of amides is 1. The van der Waals surface area contributed by atoms with Crippen LogP contribution < -0.4 is 0 Å². The molecule has 5 nitrogen and oxygen atoms in total. The Morgan fingerprint density at radius 3 is 2.87 bits per heavy atom. The minimum atomic E-state index is -0.149. The lowest BCUT2D eigenvalue weighted by molar-refractivity contribution is -0.113. The fourth-order valence-corrected chi connectivity index (χ4v) is 3.87. The zero-order chi connectivity index (χ0) is 15.8. The predicted molar refractivity (Wildman–Crippen MR) is 93.3 cm³/mol. The SMILES string of the molecule is Cn1cc(C=C2SC(N3CCOCC3)=NC2=O)c2ccccc21. The monoisotopic (exact) mass is 327 g/mol. The average molecular weight is 327 g/mol. The Hall–Kier alpha value is -2.05. The number of morpholine rings is 1. The molecule has 0 aliphatic carbocycles. The Morgan fingerprint density at radius 1 is 1.26 bits per heavy atom. The standard InChI is InChI=1S/C17H17N3O2S/c1-19-11-12(13-4-2-3-5-14(13)19)10-15-16(21)18-17(23-15)20-6-8-22-9-7-20/h2-5,10-11H,6-9H2,1H3. The fourth-order valence-electron chi connectivity index (χ4n) is 2.92. The Bertz CT molecular complexity index is 831. The molecular formula is C17H17N3O2S. The van der Waals surface area contributed by atoms with Crippen molar-refractivity contribution in [3.05, 3.63) is 40.9 Å². The lowest BCUT2D eigenvalue weighted by Crippen LogP contribution is -2.38. The predicted octanol–water partition coefficient (Wildman–Crippen LogP) is 2.48. The van der Waals surface area contributed by atoms with Crippen LogP contribution in [0.5, 0.6) is 0 Å². The summed E-state index contributed by atoms with van der Waals surface area (Å²) >= 11 is 1.46. The van der Waals surface area contributed by atoms with E-state index in [0.29, 0.717) is 18.1 Å². The Kier molecular flexibility index (Phi) is 3.71. The number of amidine groups is 1. The Balaban J connectivity index is 1.63. The summed E-state index contributed by atoms with van der Waals surface area (Å²) in [6.07, 6.45) is 4.00. The number of ether oxygens (including phenoxy) is 1. The first kappa shape index (κ1) is 14.5. The van der Waals surface area contributed by atoms with Gasteiger partial charge in [0.25, 0.3) is 5.91 Å². The number of carbonyl (C=O) groups excluding carboxylic acids is 1. The smallest absolute Gasteiger partial charge is 0.286 e. The molecule has 2 aliphatic heterocycles. The zero-order valence-electron chi connectivity index (χ0n) is 12.9. The molecule has 0 bridgehead atoms. The lowest BCUT2D eigenvalue weighted by atomic mass is 10.1. The maximum Gasteiger partial charge on any atom is 0.286 e. The number of rotatable bonds is 1. The molecule has 2 aliphatic rings. The number of hydrogen-bond acceptors (Lipinski definition) is 4. The van der Waals surface area contributed by atoms with Crippen molar-refractivity contribution < 1.29 is 9.53 Å². The van der Waals surface area contributed by atoms with Gasteiger partial charge in [0.05, 0.1) is 18.1 Å². The van der Waals surface area contributed by atoms with Gasteiger partial charge in [0.15, 0.2) is 5.17 Å². The van der Waals surface area contributed by atoms with Crippen molar-refractivity contribution in [3.8, 4) is 0 Å². The van der Waals surface area contributed by atoms with Gasteiger partial charge in [-0.1, -0.05) is 18.2 Å². The highest BCUT2D eigenvalue weighted by atomic mass is 32.2. The van der Waals surface area contributed by atoms with Crippen molar-refractivity contribution in [1.29, 1.82) is 0 Å². The van der Waals surface area contributed by atoms with Crippen LogP contribution in [0.1, 0.15) is 5.56 Å². The van der Waals surface area contributed by atoms with E-state index >= 15 is 0 Å². The van der Waals surface area contributed by atoms with Crippen molar-refractivity contribution in [2.75, 3.05) is 26.3 Å². The summed E-state index contributed by atoms with van der Waals surface area (Å²) in [6.45, 7) is 2.97. The van der Waals surface area contributed by atoms with E-state index in [0.717, 1.165) is 34.7 Å². The number of nitrogens with zero attached hydrogens (tertiary/aromatic N) is 3. The number of aryl methyl sites for hydroxylation is 1. The van der Waals surface area contributed by atoms with Crippen LogP contribution >= 0.6 is 11.8 Å². The maximum atomic E-state index is 12.2. The van der Waals surface area contributed by atoms with Gasteiger partial charge in [-0.05, 0) is 23.9 Å². The highest BCUT2D eigenvalue weighted by Gasteiger charge is 2.27. The first-order valence-corrected chi connectivity index (χ1v) is 8.43. The zero-order valence-corrected chi connectivity index (χ0v) is 13.7. The number of aromatic nitrogens is 1. The van der Waals surface area contributed by atoms with Crippen molar-refractivity contribution >= 4 is 39.8 Å². The largest absolute Gasteiger partial charge is 0.378 e. The molecule has 0 atom stereocenters. The Morgan fingerprint density at radius 2 is 2.04 bits per heavy atom. The molecule has 1 amide bonds. The van der Waals surface area contributed by atoms with E-state index in [-0.39, 0.29) is 5.91 Å². The highest BCUT2D eigenvalue weighted by molar-refractivity contribution is 8.18. The molecule has 1 aromatic carbocycles. The molecule has 6 heteroatoms. The van der Waals surface area contributed by atoms with E-state index in [1.54, 1.807) is 0 Å². The molecular weight excluding hydrogens is 310 g/mol. The molecule has 0 radical (unpaired) electrons. The van der Waals surface area contributed by atoms with E-state index in [4.69, 9.17) is 4.74 Å². The second-order valence-electron chi connectivity index (χ2n) is 5.62. The normalized spacial score (nSPS) is 20.6. The van der Waals surface area contributed by atoms with Gasteiger partial charge in [-0.25, -0.2) is 0 Å². The summed E-state index contributed by atoms with van der Waals surface area (Å²) in [5.41, 5.74) is 2.21. The summed E-state index contributed by atoms with van der Waals surface area (Å²) in [6, 6.07) is 8.20. The summed E-state index contributed by atoms with van der Waals surface area (Å²) in [5, 5.41) is 1.94. The molecule has 4 rings (SSSR count). The number of carbonyl (C=O) groups is 1. The second kappa shape index (κ2) is 5.86. The van der Waals surface area contributed by atoms with E-state index < -0.39 is 0 Å². The highest BCUT2D eigenvalue weighted by Crippen LogP contribution is 2.32. The van der Waals surface area contributed by atoms with Crippen molar-refractivity contribution in [2.24, 2.45) is 12.0 Å². The third-order valence-corrected chi connectivity index (χ3v) is 5.15. The van der Waals surface area contributed by atoms with Crippen molar-refractivity contribution in [3.63, 3.8) is 0 Å². The second-order valence-corrected chi connectivity index (χ2v) is 6.63. The van der Waals surface area contributed by atoms with Gasteiger partial charge in [-0.2, -0.15) is 4.99 Å². The average Bonchev–Trinajstić information content (AvgIpc) is 3.10. The number of fused-ring (bicyclic) bond motifs is 1. The lowest BCUT2D eigenvalue weighted by Gasteiger charge is -2.27. The number of thioether (sulfide) groups is 1. The van der Waals surface area contributed by atoms with Gasteiger partial charge < -0.3 is 14.2 Å². The molecule has 0 N–H and O–H groups in total. The molecule has 3 heterocycles. The van der Waals surface area contributed by atoms with Gasteiger partial charge in [0.1, 0.15) is 0 Å². The first-order valence-electron chi connectivity index (χ1n) is 7.62. The van der Waals surface area contributed by atoms with Crippen molar-refractivity contribution in [2.45, 2.75) is 0 Å². The van der Waals surface area contributed by atoms with Gasteiger partial charge in [-0.3, -0.25) is 4.79 Å². The van der Waals surface area contributed by atoms with Gasteiger partial charge >= 0.3 is 0 Å². The van der Waals surface area contributed by atoms with E-state index in [1.165, 1.54) is 11.8 Å². The molecule has 0 unspecified atom stereocenters. The van der Waals surface area contributed by atoms with E-state index in [9.17, 15) is 4.79 Å². The molecule has 0 spiro atoms. The summed E-state index contributed by atoms with van der Waals surface area (Å²) in [5.74, 6) is -0.149. The summed E-state index contributed by atoms with van der Waals surface area (Å²) in [7, 11) is 2.02. The molecule has 1 saturated heterocycles. The van der Waals surface area contributed by atoms with Crippen molar-refractivity contribution in [1.82, 2.24) is 9.47 Å². The van der Waals surface area contributed by atoms with Gasteiger partial charge in [-0.15, -0.1) is 0 Å². The number of aliphatic imine (C=N–C) groups is 1. The van der Waals surface area contributed by atoms with Crippen LogP contribution in [0.25, 0.3) is 17.0 Å². The number of hydrogen-bond donors (Lipinski definition) is 0. The van der Waals surface area contributed by atoms with Crippen LogP contribution in [-0.4, -0.2) is 46.8 Å². The van der Waals surface area contributed by atoms with Gasteiger partial charge in [0.2, 0.25) is 0 Å². The number of benzene rings is 1. The molecule has 1 aromatic heterocycles. The first-order chi connectivity index (χ1) is 11.2. The quantitative estimate of drug-likeness (QED) is 0.755. The molecule has 23 heavy (non-hydrogen) atoms. The fraction of sp³-hybridized carbons (Fsp3) is 0.294. The third kappa shape index (κ3) is 2.68. The van der Waals surface area contributed by atoms with Crippen LogP contribution in [0.3, 0.4) is 0 Å². The maximum absolute atomic E-state index is 12.2. The van der Waals surface area contributed by atoms with Crippen LogP contribution in [0.4, 0.5) is 0 Å². The minimum absolute atomic E-state index is 0.149. The minimum Gasteiger partial charge on any atom is -0.378 e. The number of para-hydroxylation sites is 1. The summed E-state index contributed by atoms with van der Waals surface area (Å²) in [4.78, 5) is 19.3. The molecule has 2 aromatic rings. The third-order valence-electron chi connectivity index (χ3n) is 4.11. The molecule has 1 fully saturated rings. The van der Waals surface area contributed by atoms with E-state index in [1.807, 2.05) is 25.3 Å². The van der Waals surface area contributed by atoms with E-state index in [2.05, 4.69) is 32.8 Å². The molecule has 0 saturated carbocycles. The van der Waals surface area contributed by atoms with Crippen LogP contribution in [-0.2, 0) is 16.6 Å².